The molecule has 2 heterocycles. The Hall–Kier alpha value is -1.09. The molecule has 1 amide bonds. The Labute approximate surface area is 130 Å². The first-order valence-corrected chi connectivity index (χ1v) is 7.89. The lowest BCUT2D eigenvalue weighted by atomic mass is 10.0. The largest absolute Gasteiger partial charge is 0.364 e. The van der Waals surface area contributed by atoms with Crippen molar-refractivity contribution in [2.75, 3.05) is 13.1 Å². The summed E-state index contributed by atoms with van der Waals surface area (Å²) in [7, 11) is -2.00. The average molecular weight is 337 g/mol. The molecule has 0 radical (unpaired) electrons. The fourth-order valence-corrected chi connectivity index (χ4v) is 4.05. The predicted molar refractivity (Wildman–Crippen MR) is 81.7 cm³/mol. The molecular weight excluding hydrogens is 316 g/mol. The van der Waals surface area contributed by atoms with Crippen molar-refractivity contribution in [3.05, 3.63) is 18.0 Å². The molecule has 1 fully saturated rings. The minimum absolute atomic E-state index is 0. The number of sulfonamides is 1. The van der Waals surface area contributed by atoms with E-state index in [1.165, 1.54) is 21.1 Å². The van der Waals surface area contributed by atoms with Crippen LogP contribution in [0.4, 0.5) is 0 Å². The van der Waals surface area contributed by atoms with Gasteiger partial charge in [0, 0.05) is 32.4 Å². The van der Waals surface area contributed by atoms with Gasteiger partial charge >= 0.3 is 0 Å². The highest BCUT2D eigenvalue weighted by Crippen LogP contribution is 2.26. The van der Waals surface area contributed by atoms with Crippen LogP contribution in [0.15, 0.2) is 17.2 Å². The molecule has 2 atom stereocenters. The van der Waals surface area contributed by atoms with Crippen molar-refractivity contribution in [1.29, 1.82) is 0 Å². The van der Waals surface area contributed by atoms with E-state index in [0.29, 0.717) is 13.1 Å². The third-order valence-electron chi connectivity index (χ3n) is 3.80. The minimum atomic E-state index is -3.59. The molecule has 9 heteroatoms. The van der Waals surface area contributed by atoms with E-state index in [0.717, 1.165) is 6.42 Å². The summed E-state index contributed by atoms with van der Waals surface area (Å²) in [4.78, 5) is 11.3. The third-order valence-corrected chi connectivity index (χ3v) is 5.63. The van der Waals surface area contributed by atoms with Crippen molar-refractivity contribution < 1.29 is 13.2 Å². The van der Waals surface area contributed by atoms with Crippen molar-refractivity contribution in [1.82, 2.24) is 8.87 Å². The van der Waals surface area contributed by atoms with Gasteiger partial charge in [-0.3, -0.25) is 4.79 Å². The zero-order valence-electron chi connectivity index (χ0n) is 12.0. The molecule has 0 saturated carbocycles. The maximum absolute atomic E-state index is 12.5. The van der Waals surface area contributed by atoms with Crippen LogP contribution >= 0.6 is 12.4 Å². The topological polar surface area (TPSA) is 111 Å². The number of carbonyl (C=O) groups is 1. The second-order valence-corrected chi connectivity index (χ2v) is 7.25. The fourth-order valence-electron chi connectivity index (χ4n) is 2.47. The SMILES string of the molecule is CC(N)C1CCN(S(=O)(=O)c2cc(C(N)=O)n(C)c2)C1.Cl. The molecule has 7 nitrogen and oxygen atoms in total. The van der Waals surface area contributed by atoms with Crippen LogP contribution in [0.5, 0.6) is 0 Å². The van der Waals surface area contributed by atoms with Crippen LogP contribution in [-0.4, -0.2) is 42.3 Å². The van der Waals surface area contributed by atoms with E-state index in [-0.39, 0.29) is 35.0 Å². The second-order valence-electron chi connectivity index (χ2n) is 5.31. The molecule has 1 aromatic heterocycles. The Morgan fingerprint density at radius 3 is 2.52 bits per heavy atom. The predicted octanol–water partition coefficient (Wildman–Crippen LogP) is -0.0964. The molecule has 0 spiro atoms. The molecule has 1 aliphatic heterocycles. The van der Waals surface area contributed by atoms with Gasteiger partial charge in [0.2, 0.25) is 10.0 Å². The summed E-state index contributed by atoms with van der Waals surface area (Å²) < 4.78 is 27.9. The quantitative estimate of drug-likeness (QED) is 0.799. The van der Waals surface area contributed by atoms with Gasteiger partial charge in [0.05, 0.1) is 0 Å². The van der Waals surface area contributed by atoms with E-state index < -0.39 is 15.9 Å². The first kappa shape index (κ1) is 18.0. The number of nitrogens with zero attached hydrogens (tertiary/aromatic N) is 2. The van der Waals surface area contributed by atoms with Crippen molar-refractivity contribution in [2.45, 2.75) is 24.3 Å². The molecule has 0 aliphatic carbocycles. The van der Waals surface area contributed by atoms with Gasteiger partial charge in [0.15, 0.2) is 0 Å². The molecule has 1 aromatic rings. The molecule has 1 saturated heterocycles. The maximum Gasteiger partial charge on any atom is 0.265 e. The van der Waals surface area contributed by atoms with Crippen LogP contribution in [0.25, 0.3) is 0 Å². The first-order chi connectivity index (χ1) is 9.23. The Kier molecular flexibility index (Phi) is 5.43. The second kappa shape index (κ2) is 6.35. The number of nitrogens with two attached hydrogens (primary N) is 2. The normalized spacial score (nSPS) is 21.0. The van der Waals surface area contributed by atoms with E-state index in [1.807, 2.05) is 6.92 Å². The Morgan fingerprint density at radius 2 is 2.10 bits per heavy atom. The van der Waals surface area contributed by atoms with Crippen LogP contribution in [0.2, 0.25) is 0 Å². The number of amides is 1. The summed E-state index contributed by atoms with van der Waals surface area (Å²) in [6, 6.07) is 1.28. The zero-order valence-corrected chi connectivity index (χ0v) is 13.7. The lowest BCUT2D eigenvalue weighted by Gasteiger charge is -2.17. The highest BCUT2D eigenvalue weighted by Gasteiger charge is 2.34. The van der Waals surface area contributed by atoms with Gasteiger partial charge in [-0.2, -0.15) is 4.31 Å². The van der Waals surface area contributed by atoms with Crippen molar-refractivity contribution >= 4 is 28.3 Å². The standard InChI is InChI=1S/C12H20N4O3S.ClH/c1-8(13)9-3-4-16(6-9)20(18,19)10-5-11(12(14)17)15(2)7-10;/h5,7-9H,3-4,6,13H2,1-2H3,(H2,14,17);1H. The molecule has 2 unspecified atom stereocenters. The van der Waals surface area contributed by atoms with E-state index >= 15 is 0 Å². The summed E-state index contributed by atoms with van der Waals surface area (Å²) in [6.07, 6.45) is 2.17. The lowest BCUT2D eigenvalue weighted by Crippen LogP contribution is -2.32. The Balaban J connectivity index is 0.00000220. The molecule has 21 heavy (non-hydrogen) atoms. The van der Waals surface area contributed by atoms with Crippen LogP contribution in [0, 0.1) is 5.92 Å². The number of aromatic nitrogens is 1. The third kappa shape index (κ3) is 3.39. The van der Waals surface area contributed by atoms with E-state index in [1.54, 1.807) is 7.05 Å². The van der Waals surface area contributed by atoms with E-state index in [9.17, 15) is 13.2 Å². The highest BCUT2D eigenvalue weighted by atomic mass is 35.5. The van der Waals surface area contributed by atoms with Crippen molar-refractivity contribution in [3.63, 3.8) is 0 Å². The van der Waals surface area contributed by atoms with Gasteiger partial charge in [-0.05, 0) is 25.3 Å². The number of aryl methyl sites for hydroxylation is 1. The van der Waals surface area contributed by atoms with Crippen LogP contribution < -0.4 is 11.5 Å². The average Bonchev–Trinajstić information content (AvgIpc) is 2.94. The number of halogens is 1. The highest BCUT2D eigenvalue weighted by molar-refractivity contribution is 7.89. The van der Waals surface area contributed by atoms with Crippen LogP contribution in [-0.2, 0) is 17.1 Å². The van der Waals surface area contributed by atoms with Gasteiger partial charge in [0.25, 0.3) is 5.91 Å². The Bertz CT molecular complexity index is 626. The number of primary amides is 1. The maximum atomic E-state index is 12.5. The van der Waals surface area contributed by atoms with Crippen LogP contribution in [0.3, 0.4) is 0 Å². The van der Waals surface area contributed by atoms with Gasteiger partial charge in [-0.25, -0.2) is 8.42 Å². The number of hydrogen-bond donors (Lipinski definition) is 2. The Morgan fingerprint density at radius 1 is 1.48 bits per heavy atom. The van der Waals surface area contributed by atoms with Crippen molar-refractivity contribution in [3.8, 4) is 0 Å². The molecule has 1 aliphatic rings. The molecule has 4 N–H and O–H groups in total. The number of hydrogen-bond acceptors (Lipinski definition) is 4. The summed E-state index contributed by atoms with van der Waals surface area (Å²) in [5.74, 6) is -0.479. The lowest BCUT2D eigenvalue weighted by molar-refractivity contribution is 0.0992. The number of rotatable bonds is 4. The first-order valence-electron chi connectivity index (χ1n) is 6.45. The van der Waals surface area contributed by atoms with Gasteiger partial charge in [-0.15, -0.1) is 12.4 Å². The summed E-state index contributed by atoms with van der Waals surface area (Å²) >= 11 is 0. The summed E-state index contributed by atoms with van der Waals surface area (Å²) in [5, 5.41) is 0. The smallest absolute Gasteiger partial charge is 0.265 e. The van der Waals surface area contributed by atoms with E-state index in [2.05, 4.69) is 0 Å². The van der Waals surface area contributed by atoms with Gasteiger partial charge < -0.3 is 16.0 Å². The molecular formula is C12H21ClN4O3S. The van der Waals surface area contributed by atoms with Gasteiger partial charge in [-0.1, -0.05) is 0 Å². The van der Waals surface area contributed by atoms with Crippen molar-refractivity contribution in [2.24, 2.45) is 24.4 Å². The molecule has 2 rings (SSSR count). The molecule has 0 aromatic carbocycles. The zero-order chi connectivity index (χ0) is 15.1. The number of carbonyl (C=O) groups excluding carboxylic acids is 1. The monoisotopic (exact) mass is 336 g/mol. The minimum Gasteiger partial charge on any atom is -0.364 e. The molecule has 120 valence electrons. The summed E-state index contributed by atoms with van der Waals surface area (Å²) in [6.45, 7) is 2.75. The molecule has 0 bridgehead atoms. The fraction of sp³-hybridized carbons (Fsp3) is 0.583. The van der Waals surface area contributed by atoms with E-state index in [4.69, 9.17) is 11.5 Å². The van der Waals surface area contributed by atoms with Crippen LogP contribution in [0.1, 0.15) is 23.8 Å². The summed E-state index contributed by atoms with van der Waals surface area (Å²) in [5.41, 5.74) is 11.2. The van der Waals surface area contributed by atoms with Gasteiger partial charge in [0.1, 0.15) is 10.6 Å².